The van der Waals surface area contributed by atoms with Crippen LogP contribution in [0.4, 0.5) is 0 Å². The van der Waals surface area contributed by atoms with E-state index in [2.05, 4.69) is 0 Å². The molecule has 0 aliphatic carbocycles. The van der Waals surface area contributed by atoms with Crippen molar-refractivity contribution in [3.63, 3.8) is 0 Å². The summed E-state index contributed by atoms with van der Waals surface area (Å²) in [5.41, 5.74) is 0. The summed E-state index contributed by atoms with van der Waals surface area (Å²) in [6.45, 7) is 4.16. The Bertz CT molecular complexity index is 460. The van der Waals surface area contributed by atoms with Crippen molar-refractivity contribution in [1.82, 2.24) is 9.21 Å². The van der Waals surface area contributed by atoms with Crippen LogP contribution < -0.4 is 0 Å². The van der Waals surface area contributed by atoms with Gasteiger partial charge in [-0.1, -0.05) is 13.8 Å². The lowest BCUT2D eigenvalue weighted by Crippen LogP contribution is -2.51. The molecule has 1 atom stereocenters. The van der Waals surface area contributed by atoms with E-state index in [1.54, 1.807) is 13.8 Å². The van der Waals surface area contributed by atoms with Gasteiger partial charge in [0.05, 0.1) is 13.2 Å². The Labute approximate surface area is 118 Å². The zero-order valence-corrected chi connectivity index (χ0v) is 12.4. The van der Waals surface area contributed by atoms with Crippen LogP contribution in [0.15, 0.2) is 0 Å². The zero-order chi connectivity index (χ0) is 15.3. The molecule has 1 rings (SSSR count). The highest BCUT2D eigenvalue weighted by Gasteiger charge is 2.32. The maximum Gasteiger partial charge on any atom is 0.334 e. The van der Waals surface area contributed by atoms with Gasteiger partial charge in [-0.25, -0.2) is 17.5 Å². The lowest BCUT2D eigenvalue weighted by Gasteiger charge is -2.31. The third-order valence-corrected chi connectivity index (χ3v) is 5.01. The fourth-order valence-electron chi connectivity index (χ4n) is 1.98. The Hall–Kier alpha value is -1.19. The normalized spacial score (nSPS) is 20.1. The maximum absolute atomic E-state index is 12.0. The third kappa shape index (κ3) is 4.15. The molecule has 1 aliphatic rings. The number of aliphatic carboxylic acids is 1. The molecule has 1 aliphatic heterocycles. The molecule has 1 amide bonds. The fraction of sp³-hybridized carbons (Fsp3) is 0.818. The van der Waals surface area contributed by atoms with E-state index >= 15 is 0 Å². The molecule has 0 unspecified atom stereocenters. The van der Waals surface area contributed by atoms with Crippen molar-refractivity contribution in [2.24, 2.45) is 0 Å². The molecule has 0 saturated carbocycles. The molecule has 0 aromatic carbocycles. The van der Waals surface area contributed by atoms with Crippen LogP contribution in [0.25, 0.3) is 0 Å². The number of carbonyl (C=O) groups excluding carboxylic acids is 1. The first-order chi connectivity index (χ1) is 9.31. The number of sulfonamides is 1. The SMILES string of the molecule is CCN(CC)S(=O)(=O)CC(=O)N1CCO[C@H](C(=O)O)C1. The molecule has 8 nitrogen and oxygen atoms in total. The maximum atomic E-state index is 12.0. The molecule has 20 heavy (non-hydrogen) atoms. The summed E-state index contributed by atoms with van der Waals surface area (Å²) in [4.78, 5) is 24.0. The van der Waals surface area contributed by atoms with E-state index in [4.69, 9.17) is 9.84 Å². The monoisotopic (exact) mass is 308 g/mol. The van der Waals surface area contributed by atoms with E-state index in [-0.39, 0.29) is 19.7 Å². The number of ether oxygens (including phenoxy) is 1. The van der Waals surface area contributed by atoms with Crippen molar-refractivity contribution in [3.8, 4) is 0 Å². The van der Waals surface area contributed by atoms with E-state index < -0.39 is 33.8 Å². The summed E-state index contributed by atoms with van der Waals surface area (Å²) in [6, 6.07) is 0. The van der Waals surface area contributed by atoms with Gasteiger partial charge in [0.25, 0.3) is 0 Å². The lowest BCUT2D eigenvalue weighted by atomic mass is 10.3. The van der Waals surface area contributed by atoms with Gasteiger partial charge in [0.1, 0.15) is 5.75 Å². The molecule has 0 spiro atoms. The van der Waals surface area contributed by atoms with E-state index in [0.29, 0.717) is 13.1 Å². The predicted octanol–water partition coefficient (Wildman–Crippen LogP) is -1.03. The first-order valence-corrected chi connectivity index (χ1v) is 8.02. The minimum absolute atomic E-state index is 0.0913. The van der Waals surface area contributed by atoms with Gasteiger partial charge in [-0.05, 0) is 0 Å². The number of nitrogens with zero attached hydrogens (tertiary/aromatic N) is 2. The van der Waals surface area contributed by atoms with Crippen LogP contribution in [0.2, 0.25) is 0 Å². The van der Waals surface area contributed by atoms with Crippen LogP contribution in [0, 0.1) is 0 Å². The second-order valence-electron chi connectivity index (χ2n) is 4.38. The van der Waals surface area contributed by atoms with Crippen LogP contribution in [0.5, 0.6) is 0 Å². The summed E-state index contributed by atoms with van der Waals surface area (Å²) in [5.74, 6) is -2.39. The van der Waals surface area contributed by atoms with Gasteiger partial charge in [0, 0.05) is 19.6 Å². The Morgan fingerprint density at radius 3 is 2.45 bits per heavy atom. The highest BCUT2D eigenvalue weighted by atomic mass is 32.2. The minimum atomic E-state index is -3.65. The van der Waals surface area contributed by atoms with Crippen molar-refractivity contribution in [3.05, 3.63) is 0 Å². The van der Waals surface area contributed by atoms with Gasteiger partial charge in [0.2, 0.25) is 15.9 Å². The smallest absolute Gasteiger partial charge is 0.334 e. The molecule has 0 bridgehead atoms. The van der Waals surface area contributed by atoms with Gasteiger partial charge >= 0.3 is 5.97 Å². The predicted molar refractivity (Wildman–Crippen MR) is 70.7 cm³/mol. The number of morpholine rings is 1. The Morgan fingerprint density at radius 2 is 1.95 bits per heavy atom. The number of amides is 1. The van der Waals surface area contributed by atoms with E-state index in [1.807, 2.05) is 0 Å². The van der Waals surface area contributed by atoms with Crippen molar-refractivity contribution < 1.29 is 27.9 Å². The summed E-state index contributed by atoms with van der Waals surface area (Å²) < 4.78 is 30.2. The fourth-order valence-corrected chi connectivity index (χ4v) is 3.44. The van der Waals surface area contributed by atoms with Crippen molar-refractivity contribution in [1.29, 1.82) is 0 Å². The molecule has 1 saturated heterocycles. The van der Waals surface area contributed by atoms with Crippen LogP contribution in [-0.2, 0) is 24.3 Å². The van der Waals surface area contributed by atoms with Gasteiger partial charge in [-0.2, -0.15) is 0 Å². The molecule has 1 N–H and O–H groups in total. The molecule has 9 heteroatoms. The molecule has 0 aromatic heterocycles. The summed E-state index contributed by atoms with van der Waals surface area (Å²) in [6.07, 6.45) is -1.09. The first kappa shape index (κ1) is 16.9. The lowest BCUT2D eigenvalue weighted by molar-refractivity contribution is -0.158. The molecule has 1 fully saturated rings. The van der Waals surface area contributed by atoms with Crippen LogP contribution in [0.1, 0.15) is 13.8 Å². The van der Waals surface area contributed by atoms with Crippen molar-refractivity contribution in [2.75, 3.05) is 38.5 Å². The zero-order valence-electron chi connectivity index (χ0n) is 11.6. The summed E-state index contributed by atoms with van der Waals surface area (Å²) in [5, 5.41) is 8.85. The number of hydrogen-bond donors (Lipinski definition) is 1. The topological polar surface area (TPSA) is 104 Å². The highest BCUT2D eigenvalue weighted by molar-refractivity contribution is 7.89. The van der Waals surface area contributed by atoms with Crippen LogP contribution in [0.3, 0.4) is 0 Å². The average Bonchev–Trinajstić information content (AvgIpc) is 2.39. The second-order valence-corrected chi connectivity index (χ2v) is 6.35. The molecular weight excluding hydrogens is 288 g/mol. The molecule has 0 aromatic rings. The quantitative estimate of drug-likeness (QED) is 0.673. The first-order valence-electron chi connectivity index (χ1n) is 6.41. The third-order valence-electron chi connectivity index (χ3n) is 3.10. The van der Waals surface area contributed by atoms with Gasteiger partial charge in [-0.15, -0.1) is 0 Å². The van der Waals surface area contributed by atoms with Crippen LogP contribution >= 0.6 is 0 Å². The second kappa shape index (κ2) is 7.00. The van der Waals surface area contributed by atoms with E-state index in [1.165, 1.54) is 9.21 Å². The number of carbonyl (C=O) groups is 2. The summed E-state index contributed by atoms with van der Waals surface area (Å²) in [7, 11) is -3.65. The standard InChI is InChI=1S/C11H20N2O6S/c1-3-13(4-2)20(17,18)8-10(14)12-5-6-19-9(7-12)11(15)16/h9H,3-8H2,1-2H3,(H,15,16)/t9-/m0/s1. The molecule has 116 valence electrons. The molecule has 1 heterocycles. The molecule has 0 radical (unpaired) electrons. The minimum Gasteiger partial charge on any atom is -0.479 e. The highest BCUT2D eigenvalue weighted by Crippen LogP contribution is 2.08. The van der Waals surface area contributed by atoms with Gasteiger partial charge < -0.3 is 14.7 Å². The van der Waals surface area contributed by atoms with E-state index in [0.717, 1.165) is 0 Å². The van der Waals surface area contributed by atoms with Gasteiger partial charge in [0.15, 0.2) is 6.10 Å². The van der Waals surface area contributed by atoms with Gasteiger partial charge in [-0.3, -0.25) is 4.79 Å². The Morgan fingerprint density at radius 1 is 1.35 bits per heavy atom. The number of hydrogen-bond acceptors (Lipinski definition) is 5. The van der Waals surface area contributed by atoms with E-state index in [9.17, 15) is 18.0 Å². The van der Waals surface area contributed by atoms with Crippen LogP contribution in [-0.4, -0.2) is 79.2 Å². The number of carboxylic acids is 1. The van der Waals surface area contributed by atoms with Crippen molar-refractivity contribution in [2.45, 2.75) is 20.0 Å². The number of carboxylic acid groups (broad SMARTS) is 1. The largest absolute Gasteiger partial charge is 0.479 e. The summed E-state index contributed by atoms with van der Waals surface area (Å²) >= 11 is 0. The average molecular weight is 308 g/mol. The molecular formula is C11H20N2O6S. The van der Waals surface area contributed by atoms with Crippen molar-refractivity contribution >= 4 is 21.9 Å². The Kier molecular flexibility index (Phi) is 5.90. The Balaban J connectivity index is 2.69. The number of rotatable bonds is 6.